The quantitative estimate of drug-likeness (QED) is 0.729. The van der Waals surface area contributed by atoms with Gasteiger partial charge >= 0.3 is 0 Å². The van der Waals surface area contributed by atoms with E-state index >= 15 is 0 Å². The first-order valence-electron chi connectivity index (χ1n) is 5.77. The first-order chi connectivity index (χ1) is 7.74. The highest BCUT2D eigenvalue weighted by molar-refractivity contribution is 5.40. The minimum Gasteiger partial charge on any atom is -0.296 e. The number of hydrogen-bond acceptors (Lipinski definition) is 3. The van der Waals surface area contributed by atoms with Crippen molar-refractivity contribution in [3.8, 4) is 0 Å². The number of nitrogens with zero attached hydrogens (tertiary/aromatic N) is 4. The predicted molar refractivity (Wildman–Crippen MR) is 62.3 cm³/mol. The number of aromatic nitrogens is 3. The zero-order chi connectivity index (χ0) is 11.1. The molecule has 3 heterocycles. The Balaban J connectivity index is 2.04. The number of hydrogen-bond donors (Lipinski definition) is 0. The molecule has 2 aromatic heterocycles. The van der Waals surface area contributed by atoms with Crippen molar-refractivity contribution in [1.82, 2.24) is 19.5 Å². The van der Waals surface area contributed by atoms with Gasteiger partial charge in [0.1, 0.15) is 0 Å². The second kappa shape index (κ2) is 3.56. The summed E-state index contributed by atoms with van der Waals surface area (Å²) >= 11 is 0. The first-order valence-corrected chi connectivity index (χ1v) is 5.77. The molecule has 2 aromatic rings. The van der Waals surface area contributed by atoms with E-state index in [1.807, 2.05) is 10.7 Å². The van der Waals surface area contributed by atoms with Gasteiger partial charge in [-0.25, -0.2) is 9.50 Å². The molecule has 0 aromatic carbocycles. The minimum absolute atomic E-state index is 0.403. The van der Waals surface area contributed by atoms with Gasteiger partial charge in [-0.3, -0.25) is 4.90 Å². The summed E-state index contributed by atoms with van der Waals surface area (Å²) in [6.45, 7) is 3.23. The first kappa shape index (κ1) is 9.78. The van der Waals surface area contributed by atoms with Crippen molar-refractivity contribution >= 4 is 5.65 Å². The molecular formula is C12H16N4. The van der Waals surface area contributed by atoms with Crippen molar-refractivity contribution in [3.63, 3.8) is 0 Å². The molecule has 1 unspecified atom stereocenters. The Morgan fingerprint density at radius 1 is 1.44 bits per heavy atom. The van der Waals surface area contributed by atoms with E-state index < -0.39 is 0 Å². The lowest BCUT2D eigenvalue weighted by Gasteiger charge is -2.15. The van der Waals surface area contributed by atoms with Gasteiger partial charge in [0.05, 0.1) is 6.04 Å². The van der Waals surface area contributed by atoms with Crippen molar-refractivity contribution in [1.29, 1.82) is 0 Å². The van der Waals surface area contributed by atoms with Crippen LogP contribution in [0.2, 0.25) is 0 Å². The zero-order valence-electron chi connectivity index (χ0n) is 9.72. The largest absolute Gasteiger partial charge is 0.296 e. The summed E-state index contributed by atoms with van der Waals surface area (Å²) in [4.78, 5) is 6.95. The molecule has 16 heavy (non-hydrogen) atoms. The Morgan fingerprint density at radius 3 is 3.06 bits per heavy atom. The fourth-order valence-electron chi connectivity index (χ4n) is 2.38. The number of pyridine rings is 1. The van der Waals surface area contributed by atoms with E-state index in [-0.39, 0.29) is 0 Å². The van der Waals surface area contributed by atoms with Crippen LogP contribution in [-0.4, -0.2) is 33.1 Å². The molecule has 3 rings (SSSR count). The lowest BCUT2D eigenvalue weighted by molar-refractivity contribution is 0.306. The van der Waals surface area contributed by atoms with Crippen LogP contribution in [0.25, 0.3) is 5.65 Å². The van der Waals surface area contributed by atoms with Crippen LogP contribution in [0.5, 0.6) is 0 Å². The van der Waals surface area contributed by atoms with Crippen molar-refractivity contribution in [2.75, 3.05) is 13.6 Å². The molecule has 0 spiro atoms. The van der Waals surface area contributed by atoms with E-state index in [1.54, 1.807) is 0 Å². The third-order valence-corrected chi connectivity index (χ3v) is 3.33. The third kappa shape index (κ3) is 1.50. The second-order valence-corrected chi connectivity index (χ2v) is 4.62. The maximum Gasteiger partial charge on any atom is 0.168 e. The van der Waals surface area contributed by atoms with Gasteiger partial charge in [-0.1, -0.05) is 0 Å². The van der Waals surface area contributed by atoms with E-state index in [4.69, 9.17) is 0 Å². The molecule has 0 aliphatic carbocycles. The summed E-state index contributed by atoms with van der Waals surface area (Å²) in [6, 6.07) is 4.54. The summed E-state index contributed by atoms with van der Waals surface area (Å²) in [7, 11) is 2.15. The van der Waals surface area contributed by atoms with Crippen molar-refractivity contribution < 1.29 is 0 Å². The molecule has 1 fully saturated rings. The summed E-state index contributed by atoms with van der Waals surface area (Å²) in [5.41, 5.74) is 2.18. The van der Waals surface area contributed by atoms with Crippen LogP contribution in [0.4, 0.5) is 0 Å². The standard InChI is InChI=1S/C12H16N4/c1-9-5-7-16-11(8-9)13-12(14-16)10-4-3-6-15(10)2/h5,7-8,10H,3-4,6H2,1-2H3. The molecule has 0 bridgehead atoms. The van der Waals surface area contributed by atoms with Gasteiger partial charge in [0.15, 0.2) is 11.5 Å². The van der Waals surface area contributed by atoms with Crippen molar-refractivity contribution in [2.45, 2.75) is 25.8 Å². The maximum absolute atomic E-state index is 4.62. The molecule has 1 aliphatic heterocycles. The topological polar surface area (TPSA) is 33.4 Å². The van der Waals surface area contributed by atoms with E-state index in [9.17, 15) is 0 Å². The molecule has 0 N–H and O–H groups in total. The van der Waals surface area contributed by atoms with Crippen molar-refractivity contribution in [3.05, 3.63) is 29.7 Å². The number of aryl methyl sites for hydroxylation is 1. The van der Waals surface area contributed by atoms with E-state index in [0.29, 0.717) is 6.04 Å². The van der Waals surface area contributed by atoms with Gasteiger partial charge in [-0.2, -0.15) is 0 Å². The Kier molecular flexibility index (Phi) is 2.17. The second-order valence-electron chi connectivity index (χ2n) is 4.62. The smallest absolute Gasteiger partial charge is 0.168 e. The average Bonchev–Trinajstić information content (AvgIpc) is 2.82. The molecule has 4 heteroatoms. The minimum atomic E-state index is 0.403. The van der Waals surface area contributed by atoms with Gasteiger partial charge in [0, 0.05) is 6.20 Å². The SMILES string of the molecule is Cc1ccn2nc(C3CCCN3C)nc2c1. The van der Waals surface area contributed by atoms with Gasteiger partial charge in [0.2, 0.25) is 0 Å². The number of rotatable bonds is 1. The Labute approximate surface area is 94.9 Å². The highest BCUT2D eigenvalue weighted by atomic mass is 15.3. The highest BCUT2D eigenvalue weighted by Gasteiger charge is 2.26. The maximum atomic E-state index is 4.62. The molecule has 1 atom stereocenters. The zero-order valence-corrected chi connectivity index (χ0v) is 9.72. The molecule has 0 saturated carbocycles. The molecule has 0 amide bonds. The Hall–Kier alpha value is -1.42. The van der Waals surface area contributed by atoms with Crippen LogP contribution in [0.3, 0.4) is 0 Å². The lowest BCUT2D eigenvalue weighted by atomic mass is 10.2. The predicted octanol–water partition coefficient (Wildman–Crippen LogP) is 1.80. The molecule has 1 aliphatic rings. The summed E-state index contributed by atoms with van der Waals surface area (Å²) in [5, 5.41) is 4.55. The van der Waals surface area contributed by atoms with E-state index in [1.165, 1.54) is 18.4 Å². The summed E-state index contributed by atoms with van der Waals surface area (Å²) in [6.07, 6.45) is 4.40. The number of likely N-dealkylation sites (tertiary alicyclic amines) is 1. The Bertz CT molecular complexity index is 517. The fourth-order valence-corrected chi connectivity index (χ4v) is 2.38. The third-order valence-electron chi connectivity index (χ3n) is 3.33. The van der Waals surface area contributed by atoms with Crippen LogP contribution in [0.15, 0.2) is 18.3 Å². The normalized spacial score (nSPS) is 22.0. The van der Waals surface area contributed by atoms with Crippen molar-refractivity contribution in [2.24, 2.45) is 0 Å². The molecule has 1 saturated heterocycles. The van der Waals surface area contributed by atoms with Gasteiger partial charge < -0.3 is 0 Å². The lowest BCUT2D eigenvalue weighted by Crippen LogP contribution is -2.18. The van der Waals surface area contributed by atoms with Crippen LogP contribution in [0, 0.1) is 6.92 Å². The van der Waals surface area contributed by atoms with Crippen LogP contribution >= 0.6 is 0 Å². The Morgan fingerprint density at radius 2 is 2.31 bits per heavy atom. The summed E-state index contributed by atoms with van der Waals surface area (Å²) < 4.78 is 1.87. The van der Waals surface area contributed by atoms with Gasteiger partial charge in [-0.05, 0) is 51.1 Å². The molecule has 4 nitrogen and oxygen atoms in total. The molecule has 84 valence electrons. The van der Waals surface area contributed by atoms with Gasteiger partial charge in [-0.15, -0.1) is 5.10 Å². The van der Waals surface area contributed by atoms with Crippen LogP contribution in [-0.2, 0) is 0 Å². The monoisotopic (exact) mass is 216 g/mol. The van der Waals surface area contributed by atoms with Crippen LogP contribution < -0.4 is 0 Å². The van der Waals surface area contributed by atoms with E-state index in [0.717, 1.165) is 18.0 Å². The van der Waals surface area contributed by atoms with E-state index in [2.05, 4.69) is 41.1 Å². The fraction of sp³-hybridized carbons (Fsp3) is 0.500. The van der Waals surface area contributed by atoms with Crippen LogP contribution in [0.1, 0.15) is 30.3 Å². The average molecular weight is 216 g/mol. The van der Waals surface area contributed by atoms with Gasteiger partial charge in [0.25, 0.3) is 0 Å². The summed E-state index contributed by atoms with van der Waals surface area (Å²) in [5.74, 6) is 0.964. The number of fused-ring (bicyclic) bond motifs is 1. The highest BCUT2D eigenvalue weighted by Crippen LogP contribution is 2.28. The molecular weight excluding hydrogens is 200 g/mol. The molecule has 0 radical (unpaired) electrons.